The molecule has 0 fully saturated rings. The Morgan fingerprint density at radius 3 is 1.73 bits per heavy atom. The predicted octanol–water partition coefficient (Wildman–Crippen LogP) is 10.7. The van der Waals surface area contributed by atoms with E-state index in [1.54, 1.807) is 0 Å². The van der Waals surface area contributed by atoms with Crippen LogP contribution in [0.5, 0.6) is 0 Å². The molecule has 4 unspecified atom stereocenters. The molecular formula is C30H56. The summed E-state index contributed by atoms with van der Waals surface area (Å²) in [6, 6.07) is 0. The Balaban J connectivity index is 2.64. The minimum absolute atomic E-state index is 0.772. The summed E-state index contributed by atoms with van der Waals surface area (Å²) in [5.41, 5.74) is 0. The normalized spacial score (nSPS) is 24.1. The molecule has 0 saturated heterocycles. The van der Waals surface area contributed by atoms with Crippen molar-refractivity contribution in [2.75, 3.05) is 0 Å². The van der Waals surface area contributed by atoms with Crippen molar-refractivity contribution in [3.8, 4) is 0 Å². The summed E-state index contributed by atoms with van der Waals surface area (Å²) < 4.78 is 0. The van der Waals surface area contributed by atoms with E-state index < -0.39 is 0 Å². The number of hydrogen-bond donors (Lipinski definition) is 0. The minimum Gasteiger partial charge on any atom is -0.0882 e. The number of hydrogen-bond acceptors (Lipinski definition) is 0. The van der Waals surface area contributed by atoms with Gasteiger partial charge in [0.15, 0.2) is 0 Å². The molecule has 4 atom stereocenters. The van der Waals surface area contributed by atoms with Crippen LogP contribution in [0, 0.1) is 23.7 Å². The molecule has 0 N–H and O–H groups in total. The molecule has 1 rings (SSSR count). The molecule has 0 saturated carbocycles. The van der Waals surface area contributed by atoms with Gasteiger partial charge >= 0.3 is 0 Å². The molecule has 0 radical (unpaired) electrons. The van der Waals surface area contributed by atoms with Crippen LogP contribution in [0.3, 0.4) is 0 Å². The molecule has 176 valence electrons. The van der Waals surface area contributed by atoms with Gasteiger partial charge in [-0.3, -0.25) is 0 Å². The first kappa shape index (κ1) is 27.5. The molecule has 0 bridgehead atoms. The Morgan fingerprint density at radius 1 is 0.567 bits per heavy atom. The van der Waals surface area contributed by atoms with Crippen LogP contribution in [0.1, 0.15) is 143 Å². The summed E-state index contributed by atoms with van der Waals surface area (Å²) in [6.07, 6.45) is 35.7. The lowest BCUT2D eigenvalue weighted by atomic mass is 9.66. The summed E-state index contributed by atoms with van der Waals surface area (Å²) >= 11 is 0. The van der Waals surface area contributed by atoms with Crippen molar-refractivity contribution in [3.05, 3.63) is 24.3 Å². The van der Waals surface area contributed by atoms with Crippen molar-refractivity contribution >= 4 is 0 Å². The van der Waals surface area contributed by atoms with Crippen LogP contribution in [-0.4, -0.2) is 0 Å². The number of rotatable bonds is 19. The van der Waals surface area contributed by atoms with Crippen LogP contribution in [0.2, 0.25) is 0 Å². The molecule has 0 nitrogen and oxygen atoms in total. The van der Waals surface area contributed by atoms with Crippen LogP contribution < -0.4 is 0 Å². The highest BCUT2D eigenvalue weighted by Gasteiger charge is 2.33. The van der Waals surface area contributed by atoms with E-state index >= 15 is 0 Å². The van der Waals surface area contributed by atoms with Crippen LogP contribution in [0.15, 0.2) is 24.3 Å². The van der Waals surface area contributed by atoms with Crippen molar-refractivity contribution < 1.29 is 0 Å². The van der Waals surface area contributed by atoms with Crippen molar-refractivity contribution in [1.82, 2.24) is 0 Å². The van der Waals surface area contributed by atoms with Gasteiger partial charge in [-0.2, -0.15) is 0 Å². The quantitative estimate of drug-likeness (QED) is 0.145. The molecule has 0 aromatic heterocycles. The summed E-state index contributed by atoms with van der Waals surface area (Å²) in [7, 11) is 0. The smallest absolute Gasteiger partial charge is 0.0137 e. The molecule has 0 aromatic rings. The Labute approximate surface area is 191 Å². The highest BCUT2D eigenvalue weighted by atomic mass is 14.4. The van der Waals surface area contributed by atoms with Gasteiger partial charge in [0, 0.05) is 0 Å². The van der Waals surface area contributed by atoms with Gasteiger partial charge in [-0.15, -0.1) is 0 Å². The molecular weight excluding hydrogens is 360 g/mol. The van der Waals surface area contributed by atoms with Crippen LogP contribution in [0.4, 0.5) is 0 Å². The molecule has 0 amide bonds. The van der Waals surface area contributed by atoms with E-state index in [1.807, 2.05) is 0 Å². The van der Waals surface area contributed by atoms with Gasteiger partial charge in [0.05, 0.1) is 0 Å². The van der Waals surface area contributed by atoms with E-state index in [0.29, 0.717) is 0 Å². The zero-order valence-electron chi connectivity index (χ0n) is 21.3. The Bertz CT molecular complexity index is 418. The maximum Gasteiger partial charge on any atom is -0.0137 e. The highest BCUT2D eigenvalue weighted by molar-refractivity contribution is 5.10. The van der Waals surface area contributed by atoms with E-state index in [9.17, 15) is 0 Å². The highest BCUT2D eigenvalue weighted by Crippen LogP contribution is 2.42. The van der Waals surface area contributed by atoms with E-state index in [1.165, 1.54) is 116 Å². The molecule has 0 aromatic carbocycles. The van der Waals surface area contributed by atoms with Gasteiger partial charge in [-0.25, -0.2) is 0 Å². The van der Waals surface area contributed by atoms with Gasteiger partial charge in [0.2, 0.25) is 0 Å². The summed E-state index contributed by atoms with van der Waals surface area (Å²) in [5, 5.41) is 0. The number of allylic oxidation sites excluding steroid dienone is 4. The Morgan fingerprint density at radius 2 is 1.10 bits per heavy atom. The Hall–Kier alpha value is -0.520. The first-order valence-electron chi connectivity index (χ1n) is 14.1. The first-order chi connectivity index (χ1) is 14.8. The monoisotopic (exact) mass is 416 g/mol. The van der Waals surface area contributed by atoms with Gasteiger partial charge in [0.25, 0.3) is 0 Å². The van der Waals surface area contributed by atoms with E-state index in [-0.39, 0.29) is 0 Å². The second kappa shape index (κ2) is 19.2. The fourth-order valence-electron chi connectivity index (χ4n) is 5.48. The zero-order valence-corrected chi connectivity index (χ0v) is 21.3. The standard InChI is InChI=1S/C30H56/c1-5-9-12-15-16-17-18-21-23-29-27(8-4)25-26-28(22-19-13-10-6-2)30(29)24-20-14-11-7-3/h21,23,25-30H,5-20,22,24H2,1-4H3. The van der Waals surface area contributed by atoms with Gasteiger partial charge in [-0.1, -0.05) is 135 Å². The zero-order chi connectivity index (χ0) is 21.9. The fraction of sp³-hybridized carbons (Fsp3) is 0.867. The van der Waals surface area contributed by atoms with Crippen molar-refractivity contribution in [1.29, 1.82) is 0 Å². The fourth-order valence-corrected chi connectivity index (χ4v) is 5.48. The summed E-state index contributed by atoms with van der Waals surface area (Å²) in [5.74, 6) is 3.28. The van der Waals surface area contributed by atoms with Crippen molar-refractivity contribution in [2.45, 2.75) is 143 Å². The molecule has 30 heavy (non-hydrogen) atoms. The van der Waals surface area contributed by atoms with Crippen LogP contribution in [0.25, 0.3) is 0 Å². The first-order valence-corrected chi connectivity index (χ1v) is 14.1. The Kier molecular flexibility index (Phi) is 17.6. The van der Waals surface area contributed by atoms with Crippen molar-refractivity contribution in [3.63, 3.8) is 0 Å². The molecule has 0 aliphatic heterocycles. The van der Waals surface area contributed by atoms with Gasteiger partial charge in [-0.05, 0) is 55.8 Å². The topological polar surface area (TPSA) is 0 Å². The maximum atomic E-state index is 2.67. The van der Waals surface area contributed by atoms with Crippen LogP contribution >= 0.6 is 0 Å². The largest absolute Gasteiger partial charge is 0.0882 e. The average Bonchev–Trinajstić information content (AvgIpc) is 2.77. The summed E-state index contributed by atoms with van der Waals surface area (Å²) in [4.78, 5) is 0. The van der Waals surface area contributed by atoms with E-state index in [4.69, 9.17) is 0 Å². The average molecular weight is 417 g/mol. The van der Waals surface area contributed by atoms with E-state index in [2.05, 4.69) is 52.0 Å². The molecule has 0 heterocycles. The second-order valence-corrected chi connectivity index (χ2v) is 10.0. The van der Waals surface area contributed by atoms with Gasteiger partial charge in [0.1, 0.15) is 0 Å². The lowest BCUT2D eigenvalue weighted by molar-refractivity contribution is 0.201. The lowest BCUT2D eigenvalue weighted by Crippen LogP contribution is -2.30. The molecule has 0 heteroatoms. The third kappa shape index (κ3) is 11.8. The third-order valence-corrected chi connectivity index (χ3v) is 7.48. The van der Waals surface area contributed by atoms with Gasteiger partial charge < -0.3 is 0 Å². The minimum atomic E-state index is 0.772. The molecule has 0 spiro atoms. The predicted molar refractivity (Wildman–Crippen MR) is 138 cm³/mol. The van der Waals surface area contributed by atoms with Crippen LogP contribution in [-0.2, 0) is 0 Å². The maximum absolute atomic E-state index is 2.67. The second-order valence-electron chi connectivity index (χ2n) is 10.0. The molecule has 1 aliphatic rings. The van der Waals surface area contributed by atoms with E-state index in [0.717, 1.165) is 23.7 Å². The summed E-state index contributed by atoms with van der Waals surface area (Å²) in [6.45, 7) is 9.37. The third-order valence-electron chi connectivity index (χ3n) is 7.48. The van der Waals surface area contributed by atoms with Crippen molar-refractivity contribution in [2.24, 2.45) is 23.7 Å². The lowest BCUT2D eigenvalue weighted by Gasteiger charge is -2.39. The number of unbranched alkanes of at least 4 members (excludes halogenated alkanes) is 12. The SMILES string of the molecule is CCCCCCCCC=CC1C(CC)C=CC(CCCCCC)C1CCCCCC. The molecule has 1 aliphatic carbocycles.